The van der Waals surface area contributed by atoms with E-state index in [4.69, 9.17) is 0 Å². The fourth-order valence-corrected chi connectivity index (χ4v) is 0.795. The van der Waals surface area contributed by atoms with Crippen LogP contribution >= 0.6 is 23.2 Å². The maximum atomic E-state index is 12.9. The lowest BCUT2D eigenvalue weighted by atomic mass is 10.5. The number of rotatable bonds is 6. The smallest absolute Gasteiger partial charge is 0.237 e. The summed E-state index contributed by atoms with van der Waals surface area (Å²) in [7, 11) is 0. The molecule has 0 aromatic carbocycles. The van der Waals surface area contributed by atoms with Crippen LogP contribution < -0.4 is 0 Å². The van der Waals surface area contributed by atoms with Gasteiger partial charge in [-0.05, 0) is 23.2 Å². The minimum atomic E-state index is -6.95. The first-order valence-electron chi connectivity index (χ1n) is 4.37. The molecule has 0 radical (unpaired) electrons. The molecule has 0 aromatic heterocycles. The van der Waals surface area contributed by atoms with Crippen molar-refractivity contribution in [3.05, 3.63) is 0 Å². The van der Waals surface area contributed by atoms with Gasteiger partial charge >= 0.3 is 35.6 Å². The van der Waals surface area contributed by atoms with Gasteiger partial charge in [0.1, 0.15) is 0 Å². The maximum Gasteiger partial charge on any atom is 0.527 e. The van der Waals surface area contributed by atoms with Gasteiger partial charge in [-0.3, -0.25) is 0 Å². The highest BCUT2D eigenvalue weighted by molar-refractivity contribution is 6.31. The Balaban J connectivity index is 5.51. The molecule has 0 saturated carbocycles. The largest absolute Gasteiger partial charge is 0.527 e. The lowest BCUT2D eigenvalue weighted by molar-refractivity contribution is -0.585. The molecule has 0 heterocycles. The first kappa shape index (κ1) is 22.6. The fourth-order valence-electron chi connectivity index (χ4n) is 0.666. The predicted molar refractivity (Wildman–Crippen MR) is 44.6 cm³/mol. The van der Waals surface area contributed by atoms with E-state index in [0.717, 1.165) is 0 Å². The highest BCUT2D eigenvalue weighted by Gasteiger charge is 2.71. The first-order valence-corrected chi connectivity index (χ1v) is 5.13. The molecule has 0 amide bonds. The van der Waals surface area contributed by atoms with Gasteiger partial charge in [0.25, 0.3) is 0 Å². The second kappa shape index (κ2) is 6.16. The van der Waals surface area contributed by atoms with E-state index in [2.05, 4.69) is 27.9 Å². The zero-order valence-electron chi connectivity index (χ0n) is 9.52. The minimum absolute atomic E-state index is 1.67. The van der Waals surface area contributed by atoms with E-state index in [-0.39, 0.29) is 0 Å². The number of alkyl halides is 14. The minimum Gasteiger partial charge on any atom is -0.237 e. The summed E-state index contributed by atoms with van der Waals surface area (Å²) in [6.07, 6.45) is -19.9. The van der Waals surface area contributed by atoms with E-state index in [1.54, 1.807) is 4.74 Å². The first-order chi connectivity index (χ1) is 9.62. The number of ether oxygens (including phenoxy) is 3. The standard InChI is InChI=1S/C6Cl2F12O3/c7-1(9,10)2(8,11)21-6(19,20)23-4(15,3(12,13)14)22-5(16,17)18. The summed E-state index contributed by atoms with van der Waals surface area (Å²) in [4.78, 5) is 0. The van der Waals surface area contributed by atoms with Crippen LogP contribution in [0.15, 0.2) is 0 Å². The van der Waals surface area contributed by atoms with E-state index in [0.29, 0.717) is 0 Å². The van der Waals surface area contributed by atoms with Crippen molar-refractivity contribution in [3.63, 3.8) is 0 Å². The van der Waals surface area contributed by atoms with E-state index in [9.17, 15) is 52.7 Å². The second-order valence-electron chi connectivity index (χ2n) is 3.26. The van der Waals surface area contributed by atoms with Crippen LogP contribution in [0.5, 0.6) is 0 Å². The van der Waals surface area contributed by atoms with Gasteiger partial charge in [-0.25, -0.2) is 14.2 Å². The Labute approximate surface area is 126 Å². The van der Waals surface area contributed by atoms with Crippen molar-refractivity contribution >= 4 is 23.2 Å². The third-order valence-electron chi connectivity index (χ3n) is 1.41. The van der Waals surface area contributed by atoms with Gasteiger partial charge in [0, 0.05) is 0 Å². The van der Waals surface area contributed by atoms with E-state index in [1.807, 2.05) is 4.74 Å². The maximum absolute atomic E-state index is 12.9. The SMILES string of the molecule is FC(F)(F)OC(F)(OC(F)(F)OC(F)(Cl)C(F)(F)Cl)C(F)(F)F. The van der Waals surface area contributed by atoms with Gasteiger partial charge in [-0.2, -0.15) is 30.7 Å². The van der Waals surface area contributed by atoms with Crippen LogP contribution in [-0.4, -0.2) is 35.6 Å². The molecule has 0 rings (SSSR count). The molecule has 0 aromatic rings. The van der Waals surface area contributed by atoms with Crippen molar-refractivity contribution in [2.45, 2.75) is 35.6 Å². The summed E-state index contributed by atoms with van der Waals surface area (Å²) >= 11 is 7.79. The molecular weight excluding hydrogens is 419 g/mol. The highest BCUT2D eigenvalue weighted by Crippen LogP contribution is 2.48. The van der Waals surface area contributed by atoms with Crippen LogP contribution in [-0.2, 0) is 14.2 Å². The molecule has 140 valence electrons. The monoisotopic (exact) mass is 418 g/mol. The molecule has 17 heteroatoms. The number of halogens is 14. The Hall–Kier alpha value is -0.380. The third kappa shape index (κ3) is 6.56. The van der Waals surface area contributed by atoms with Gasteiger partial charge in [0.15, 0.2) is 0 Å². The normalized spacial score (nSPS) is 20.1. The zero-order valence-corrected chi connectivity index (χ0v) is 11.0. The van der Waals surface area contributed by atoms with Crippen molar-refractivity contribution in [1.29, 1.82) is 0 Å². The molecule has 0 aliphatic heterocycles. The Morgan fingerprint density at radius 2 is 0.957 bits per heavy atom. The van der Waals surface area contributed by atoms with Gasteiger partial charge in [-0.1, -0.05) is 0 Å². The van der Waals surface area contributed by atoms with E-state index >= 15 is 0 Å². The molecule has 0 spiro atoms. The van der Waals surface area contributed by atoms with Gasteiger partial charge < -0.3 is 0 Å². The molecule has 0 aliphatic rings. The summed E-state index contributed by atoms with van der Waals surface area (Å²) in [5.41, 5.74) is 0. The number of hydrogen-bond acceptors (Lipinski definition) is 3. The summed E-state index contributed by atoms with van der Waals surface area (Å²) in [5, 5.41) is -11.0. The number of hydrogen-bond donors (Lipinski definition) is 0. The lowest BCUT2D eigenvalue weighted by Crippen LogP contribution is -2.55. The van der Waals surface area contributed by atoms with E-state index < -0.39 is 35.6 Å². The van der Waals surface area contributed by atoms with Crippen molar-refractivity contribution in [2.75, 3.05) is 0 Å². The summed E-state index contributed by atoms with van der Waals surface area (Å²) in [6.45, 7) is 0. The van der Waals surface area contributed by atoms with Crippen LogP contribution in [0.1, 0.15) is 0 Å². The fraction of sp³-hybridized carbons (Fsp3) is 1.00. The van der Waals surface area contributed by atoms with Crippen LogP contribution in [0, 0.1) is 0 Å². The van der Waals surface area contributed by atoms with Crippen molar-refractivity contribution in [1.82, 2.24) is 0 Å². The van der Waals surface area contributed by atoms with Crippen LogP contribution in [0.3, 0.4) is 0 Å². The topological polar surface area (TPSA) is 27.7 Å². The summed E-state index contributed by atoms with van der Waals surface area (Å²) < 4.78 is 152. The van der Waals surface area contributed by atoms with E-state index in [1.165, 1.54) is 0 Å². The second-order valence-corrected chi connectivity index (χ2v) is 4.22. The van der Waals surface area contributed by atoms with Gasteiger partial charge in [-0.15, -0.1) is 22.0 Å². The Morgan fingerprint density at radius 3 is 1.22 bits per heavy atom. The van der Waals surface area contributed by atoms with Crippen molar-refractivity contribution in [3.8, 4) is 0 Å². The third-order valence-corrected chi connectivity index (χ3v) is 2.07. The van der Waals surface area contributed by atoms with Crippen LogP contribution in [0.25, 0.3) is 0 Å². The molecule has 0 fully saturated rings. The Morgan fingerprint density at radius 1 is 0.565 bits per heavy atom. The average Bonchev–Trinajstić information content (AvgIpc) is 2.05. The van der Waals surface area contributed by atoms with Crippen molar-refractivity contribution < 1.29 is 66.9 Å². The molecule has 0 saturated heterocycles. The molecule has 0 N–H and O–H groups in total. The molecule has 0 aliphatic carbocycles. The summed E-state index contributed by atoms with van der Waals surface area (Å²) in [6, 6.07) is -6.66. The van der Waals surface area contributed by atoms with Crippen LogP contribution in [0.4, 0.5) is 52.7 Å². The molecular formula is C6Cl2F12O3. The lowest BCUT2D eigenvalue weighted by Gasteiger charge is -2.32. The van der Waals surface area contributed by atoms with Gasteiger partial charge in [0.05, 0.1) is 0 Å². The Bertz CT molecular complexity index is 414. The zero-order chi connectivity index (χ0) is 19.1. The van der Waals surface area contributed by atoms with Crippen molar-refractivity contribution in [2.24, 2.45) is 0 Å². The molecule has 2 atom stereocenters. The Kier molecular flexibility index (Phi) is 6.06. The average molecular weight is 419 g/mol. The molecule has 23 heavy (non-hydrogen) atoms. The van der Waals surface area contributed by atoms with Gasteiger partial charge in [0.2, 0.25) is 0 Å². The molecule has 0 bridgehead atoms. The quantitative estimate of drug-likeness (QED) is 0.345. The molecule has 3 nitrogen and oxygen atoms in total. The highest BCUT2D eigenvalue weighted by atomic mass is 35.5. The predicted octanol–water partition coefficient (Wildman–Crippen LogP) is 4.99. The molecule has 2 unspecified atom stereocenters. The summed E-state index contributed by atoms with van der Waals surface area (Å²) in [5.74, 6) is 0. The van der Waals surface area contributed by atoms with Crippen LogP contribution in [0.2, 0.25) is 0 Å².